The molecule has 0 fully saturated rings. The molecule has 2 heterocycles. The number of aromatic nitrogens is 3. The average molecular weight is 266 g/mol. The van der Waals surface area contributed by atoms with E-state index in [2.05, 4.69) is 22.0 Å². The Balaban J connectivity index is 2.02. The molecule has 0 radical (unpaired) electrons. The van der Waals surface area contributed by atoms with Crippen molar-refractivity contribution in [2.45, 2.75) is 13.3 Å². The first-order valence-corrected chi connectivity index (χ1v) is 6.41. The van der Waals surface area contributed by atoms with Gasteiger partial charge in [-0.25, -0.2) is 0 Å². The minimum atomic E-state index is 0.464. The molecule has 20 heavy (non-hydrogen) atoms. The molecule has 0 aliphatic heterocycles. The largest absolute Gasteiger partial charge is 0.399 e. The lowest BCUT2D eigenvalue weighted by atomic mass is 10.1. The van der Waals surface area contributed by atoms with Gasteiger partial charge in [-0.2, -0.15) is 4.98 Å². The van der Waals surface area contributed by atoms with E-state index in [1.54, 1.807) is 6.20 Å². The second-order valence-corrected chi connectivity index (χ2v) is 4.43. The summed E-state index contributed by atoms with van der Waals surface area (Å²) in [6.45, 7) is 2.07. The van der Waals surface area contributed by atoms with Crippen molar-refractivity contribution in [2.75, 3.05) is 5.73 Å². The molecule has 0 bridgehead atoms. The zero-order chi connectivity index (χ0) is 13.9. The summed E-state index contributed by atoms with van der Waals surface area (Å²) in [7, 11) is 0. The van der Waals surface area contributed by atoms with E-state index in [-0.39, 0.29) is 0 Å². The number of benzene rings is 1. The Morgan fingerprint density at radius 2 is 2.15 bits per heavy atom. The van der Waals surface area contributed by atoms with Gasteiger partial charge in [0.25, 0.3) is 5.89 Å². The molecule has 1 aromatic carbocycles. The standard InChI is InChI=1S/C15H14N4O/c1-2-10-9-17-7-6-13(10)14-18-15(20-19-14)11-4-3-5-12(16)8-11/h3-9H,2,16H2,1H3. The monoisotopic (exact) mass is 266 g/mol. The van der Waals surface area contributed by atoms with E-state index in [9.17, 15) is 0 Å². The number of hydrogen-bond donors (Lipinski definition) is 1. The van der Waals surface area contributed by atoms with Gasteiger partial charge in [0.15, 0.2) is 0 Å². The van der Waals surface area contributed by atoms with Crippen molar-refractivity contribution in [3.8, 4) is 22.8 Å². The number of nitrogens with zero attached hydrogens (tertiary/aromatic N) is 3. The van der Waals surface area contributed by atoms with E-state index in [0.717, 1.165) is 23.1 Å². The van der Waals surface area contributed by atoms with Crippen molar-refractivity contribution in [3.05, 3.63) is 48.3 Å². The molecule has 100 valence electrons. The molecule has 0 unspecified atom stereocenters. The maximum atomic E-state index is 5.76. The van der Waals surface area contributed by atoms with Crippen LogP contribution in [0.1, 0.15) is 12.5 Å². The molecule has 2 aromatic heterocycles. The summed E-state index contributed by atoms with van der Waals surface area (Å²) in [5, 5.41) is 4.05. The quantitative estimate of drug-likeness (QED) is 0.737. The highest BCUT2D eigenvalue weighted by Crippen LogP contribution is 2.25. The zero-order valence-corrected chi connectivity index (χ0v) is 11.1. The van der Waals surface area contributed by atoms with Gasteiger partial charge in [-0.1, -0.05) is 18.1 Å². The summed E-state index contributed by atoms with van der Waals surface area (Å²) in [4.78, 5) is 8.55. The number of nitrogens with two attached hydrogens (primary N) is 1. The molecule has 3 rings (SSSR count). The van der Waals surface area contributed by atoms with Gasteiger partial charge in [-0.3, -0.25) is 4.98 Å². The molecule has 0 saturated heterocycles. The fourth-order valence-corrected chi connectivity index (χ4v) is 2.05. The minimum absolute atomic E-state index is 0.464. The van der Waals surface area contributed by atoms with Crippen LogP contribution >= 0.6 is 0 Å². The van der Waals surface area contributed by atoms with Gasteiger partial charge >= 0.3 is 0 Å². The summed E-state index contributed by atoms with van der Waals surface area (Å²) >= 11 is 0. The number of nitrogen functional groups attached to an aromatic ring is 1. The maximum Gasteiger partial charge on any atom is 0.258 e. The van der Waals surface area contributed by atoms with Crippen LogP contribution in [0.5, 0.6) is 0 Å². The lowest BCUT2D eigenvalue weighted by Crippen LogP contribution is -1.90. The summed E-state index contributed by atoms with van der Waals surface area (Å²) in [5.41, 5.74) is 9.28. The molecule has 0 spiro atoms. The Hall–Kier alpha value is -2.69. The molecule has 0 amide bonds. The van der Waals surface area contributed by atoms with Crippen LogP contribution in [0.15, 0.2) is 47.2 Å². The predicted molar refractivity (Wildman–Crippen MR) is 76.8 cm³/mol. The Morgan fingerprint density at radius 3 is 2.95 bits per heavy atom. The van der Waals surface area contributed by atoms with Crippen LogP contribution in [0.2, 0.25) is 0 Å². The van der Waals surface area contributed by atoms with Gasteiger partial charge in [-0.15, -0.1) is 0 Å². The number of aryl methyl sites for hydroxylation is 1. The summed E-state index contributed by atoms with van der Waals surface area (Å²) < 4.78 is 5.32. The van der Waals surface area contributed by atoms with Gasteiger partial charge in [-0.05, 0) is 36.2 Å². The third kappa shape index (κ3) is 2.25. The second kappa shape index (κ2) is 5.13. The van der Waals surface area contributed by atoms with Gasteiger partial charge < -0.3 is 10.3 Å². The van der Waals surface area contributed by atoms with Crippen molar-refractivity contribution in [3.63, 3.8) is 0 Å². The van der Waals surface area contributed by atoms with Crippen LogP contribution in [0, 0.1) is 0 Å². The lowest BCUT2D eigenvalue weighted by molar-refractivity contribution is 0.432. The summed E-state index contributed by atoms with van der Waals surface area (Å²) in [6.07, 6.45) is 4.42. The Bertz CT molecular complexity index is 736. The highest BCUT2D eigenvalue weighted by molar-refractivity contribution is 5.64. The SMILES string of the molecule is CCc1cnccc1-c1noc(-c2cccc(N)c2)n1. The molecule has 0 aliphatic rings. The van der Waals surface area contributed by atoms with E-state index in [1.165, 1.54) is 0 Å². The second-order valence-electron chi connectivity index (χ2n) is 4.43. The molecular formula is C15H14N4O. The topological polar surface area (TPSA) is 77.8 Å². The molecule has 0 atom stereocenters. The molecule has 3 aromatic rings. The molecule has 0 saturated carbocycles. The Morgan fingerprint density at radius 1 is 1.25 bits per heavy atom. The molecule has 0 aliphatic carbocycles. The smallest absolute Gasteiger partial charge is 0.258 e. The fourth-order valence-electron chi connectivity index (χ4n) is 2.05. The highest BCUT2D eigenvalue weighted by Gasteiger charge is 2.13. The van der Waals surface area contributed by atoms with E-state index in [0.29, 0.717) is 17.4 Å². The van der Waals surface area contributed by atoms with E-state index >= 15 is 0 Å². The lowest BCUT2D eigenvalue weighted by Gasteiger charge is -2.01. The first-order chi connectivity index (χ1) is 9.78. The van der Waals surface area contributed by atoms with Crippen LogP contribution in [0.4, 0.5) is 5.69 Å². The van der Waals surface area contributed by atoms with Crippen LogP contribution in [-0.2, 0) is 6.42 Å². The highest BCUT2D eigenvalue weighted by atomic mass is 16.5. The average Bonchev–Trinajstić information content (AvgIpc) is 2.97. The van der Waals surface area contributed by atoms with Crippen molar-refractivity contribution < 1.29 is 4.52 Å². The van der Waals surface area contributed by atoms with Gasteiger partial charge in [0.05, 0.1) is 0 Å². The fraction of sp³-hybridized carbons (Fsp3) is 0.133. The summed E-state index contributed by atoms with van der Waals surface area (Å²) in [6, 6.07) is 9.27. The third-order valence-electron chi connectivity index (χ3n) is 3.09. The Labute approximate surface area is 116 Å². The zero-order valence-electron chi connectivity index (χ0n) is 11.1. The molecule has 2 N–H and O–H groups in total. The molecule has 5 heteroatoms. The van der Waals surface area contributed by atoms with E-state index in [4.69, 9.17) is 10.3 Å². The number of hydrogen-bond acceptors (Lipinski definition) is 5. The number of pyridine rings is 1. The van der Waals surface area contributed by atoms with Crippen molar-refractivity contribution in [1.82, 2.24) is 15.1 Å². The van der Waals surface area contributed by atoms with Crippen LogP contribution < -0.4 is 5.73 Å². The van der Waals surface area contributed by atoms with Crippen molar-refractivity contribution >= 4 is 5.69 Å². The van der Waals surface area contributed by atoms with Gasteiger partial charge in [0.1, 0.15) is 0 Å². The normalized spacial score (nSPS) is 10.7. The first-order valence-electron chi connectivity index (χ1n) is 6.41. The van der Waals surface area contributed by atoms with E-state index < -0.39 is 0 Å². The molecular weight excluding hydrogens is 252 g/mol. The van der Waals surface area contributed by atoms with Crippen LogP contribution in [0.25, 0.3) is 22.8 Å². The maximum absolute atomic E-state index is 5.76. The Kier molecular flexibility index (Phi) is 3.16. The number of anilines is 1. The van der Waals surface area contributed by atoms with Crippen LogP contribution in [0.3, 0.4) is 0 Å². The van der Waals surface area contributed by atoms with E-state index in [1.807, 2.05) is 36.5 Å². The van der Waals surface area contributed by atoms with Gasteiger partial charge in [0.2, 0.25) is 5.82 Å². The first kappa shape index (κ1) is 12.3. The van der Waals surface area contributed by atoms with Crippen molar-refractivity contribution in [2.24, 2.45) is 0 Å². The molecule has 5 nitrogen and oxygen atoms in total. The predicted octanol–water partition coefficient (Wildman–Crippen LogP) is 2.94. The van der Waals surface area contributed by atoms with Crippen molar-refractivity contribution in [1.29, 1.82) is 0 Å². The third-order valence-corrected chi connectivity index (χ3v) is 3.09. The number of rotatable bonds is 3. The summed E-state index contributed by atoms with van der Waals surface area (Å²) in [5.74, 6) is 1.04. The minimum Gasteiger partial charge on any atom is -0.399 e. The van der Waals surface area contributed by atoms with Crippen LogP contribution in [-0.4, -0.2) is 15.1 Å². The van der Waals surface area contributed by atoms with Gasteiger partial charge in [0, 0.05) is 29.2 Å².